The van der Waals surface area contributed by atoms with Crippen molar-refractivity contribution in [3.63, 3.8) is 0 Å². The van der Waals surface area contributed by atoms with E-state index < -0.39 is 10.0 Å². The van der Waals surface area contributed by atoms with Gasteiger partial charge in [-0.25, -0.2) is 13.4 Å². The largest absolute Gasteiger partial charge is 0.355 e. The summed E-state index contributed by atoms with van der Waals surface area (Å²) < 4.78 is 28.9. The molecule has 1 fully saturated rings. The number of fused-ring (bicyclic) bond motifs is 1. The van der Waals surface area contributed by atoms with Crippen LogP contribution in [0, 0.1) is 0 Å². The number of rotatable bonds is 7. The molecule has 1 aliphatic heterocycles. The number of hydrogen-bond donors (Lipinski definition) is 1. The van der Waals surface area contributed by atoms with E-state index >= 15 is 0 Å². The molecule has 0 aliphatic carbocycles. The van der Waals surface area contributed by atoms with E-state index in [1.54, 1.807) is 28.6 Å². The second kappa shape index (κ2) is 8.97. The number of imidazole rings is 1. The summed E-state index contributed by atoms with van der Waals surface area (Å²) in [5.74, 6) is -0.0922. The molecule has 8 heteroatoms. The first kappa shape index (κ1) is 20.6. The Bertz CT molecular complexity index is 1080. The minimum absolute atomic E-state index is 0.0922. The van der Waals surface area contributed by atoms with E-state index in [-0.39, 0.29) is 12.3 Å². The smallest absolute Gasteiger partial charge is 0.243 e. The monoisotopic (exact) mass is 426 g/mol. The number of hydrogen-bond acceptors (Lipinski definition) is 4. The van der Waals surface area contributed by atoms with E-state index in [1.165, 1.54) is 0 Å². The summed E-state index contributed by atoms with van der Waals surface area (Å²) in [6, 6.07) is 12.5. The van der Waals surface area contributed by atoms with Crippen molar-refractivity contribution in [2.75, 3.05) is 19.6 Å². The predicted octanol–water partition coefficient (Wildman–Crippen LogP) is 2.41. The second-order valence-corrected chi connectivity index (χ2v) is 9.52. The lowest BCUT2D eigenvalue weighted by Gasteiger charge is -2.25. The van der Waals surface area contributed by atoms with Crippen molar-refractivity contribution < 1.29 is 13.2 Å². The summed E-state index contributed by atoms with van der Waals surface area (Å²) in [7, 11) is -3.44. The molecular weight excluding hydrogens is 400 g/mol. The Morgan fingerprint density at radius 2 is 1.80 bits per heavy atom. The number of nitrogens with one attached hydrogen (secondary N) is 1. The van der Waals surface area contributed by atoms with Crippen molar-refractivity contribution in [1.82, 2.24) is 19.0 Å². The van der Waals surface area contributed by atoms with Crippen molar-refractivity contribution in [3.05, 3.63) is 66.1 Å². The van der Waals surface area contributed by atoms with E-state index in [1.807, 2.05) is 35.0 Å². The zero-order valence-electron chi connectivity index (χ0n) is 16.8. The van der Waals surface area contributed by atoms with Gasteiger partial charge in [0.1, 0.15) is 5.65 Å². The first-order valence-electron chi connectivity index (χ1n) is 10.3. The molecule has 1 amide bonds. The molecule has 0 atom stereocenters. The molecule has 3 aromatic rings. The van der Waals surface area contributed by atoms with Crippen molar-refractivity contribution >= 4 is 21.6 Å². The van der Waals surface area contributed by atoms with Crippen molar-refractivity contribution in [3.8, 4) is 0 Å². The maximum absolute atomic E-state index is 12.7. The molecule has 1 N–H and O–H groups in total. The van der Waals surface area contributed by atoms with Crippen LogP contribution in [0.3, 0.4) is 0 Å². The van der Waals surface area contributed by atoms with Crippen LogP contribution in [-0.4, -0.2) is 47.6 Å². The molecule has 1 aliphatic rings. The molecule has 4 rings (SSSR count). The lowest BCUT2D eigenvalue weighted by molar-refractivity contribution is -0.120. The lowest BCUT2D eigenvalue weighted by atomic mass is 10.1. The first-order chi connectivity index (χ1) is 14.5. The fourth-order valence-electron chi connectivity index (χ4n) is 3.72. The Kier molecular flexibility index (Phi) is 6.15. The Hall–Kier alpha value is -2.71. The first-order valence-corrected chi connectivity index (χ1v) is 11.7. The zero-order valence-corrected chi connectivity index (χ0v) is 17.6. The second-order valence-electron chi connectivity index (χ2n) is 7.58. The van der Waals surface area contributed by atoms with Crippen LogP contribution >= 0.6 is 0 Å². The molecule has 1 saturated heterocycles. The topological polar surface area (TPSA) is 83.8 Å². The van der Waals surface area contributed by atoms with E-state index in [0.717, 1.165) is 36.2 Å². The van der Waals surface area contributed by atoms with Gasteiger partial charge in [-0.1, -0.05) is 24.6 Å². The van der Waals surface area contributed by atoms with Gasteiger partial charge in [-0.2, -0.15) is 4.31 Å². The molecule has 30 heavy (non-hydrogen) atoms. The number of carbonyl (C=O) groups excluding carboxylic acids is 1. The van der Waals surface area contributed by atoms with Crippen LogP contribution in [0.25, 0.3) is 5.65 Å². The molecule has 7 nitrogen and oxygen atoms in total. The van der Waals surface area contributed by atoms with Crippen LogP contribution in [0.4, 0.5) is 0 Å². The Morgan fingerprint density at radius 3 is 2.53 bits per heavy atom. The maximum atomic E-state index is 12.7. The van der Waals surface area contributed by atoms with Gasteiger partial charge < -0.3 is 9.72 Å². The number of sulfonamides is 1. The molecule has 0 spiro atoms. The minimum Gasteiger partial charge on any atom is -0.355 e. The highest BCUT2D eigenvalue weighted by Crippen LogP contribution is 2.21. The molecule has 158 valence electrons. The van der Waals surface area contributed by atoms with Gasteiger partial charge in [0.15, 0.2) is 0 Å². The maximum Gasteiger partial charge on any atom is 0.243 e. The number of carbonyl (C=O) groups is 1. The average molecular weight is 427 g/mol. The fraction of sp³-hybridized carbons (Fsp3) is 0.364. The average Bonchev–Trinajstić information content (AvgIpc) is 3.17. The SMILES string of the molecule is O=C(Cc1ccc(S(=O)(=O)N2CCCCC2)cc1)NCCc1cn2ccccc2n1. The molecule has 2 aromatic heterocycles. The number of benzene rings is 1. The fourth-order valence-corrected chi connectivity index (χ4v) is 5.24. The highest BCUT2D eigenvalue weighted by atomic mass is 32.2. The van der Waals surface area contributed by atoms with Crippen LogP contribution < -0.4 is 5.32 Å². The van der Waals surface area contributed by atoms with Crippen molar-refractivity contribution in [2.24, 2.45) is 0 Å². The zero-order chi connectivity index (χ0) is 21.0. The van der Waals surface area contributed by atoms with Crippen LogP contribution in [0.5, 0.6) is 0 Å². The number of nitrogens with zero attached hydrogens (tertiary/aromatic N) is 3. The number of pyridine rings is 1. The third-order valence-electron chi connectivity index (χ3n) is 5.36. The van der Waals surface area contributed by atoms with Gasteiger partial charge in [0.25, 0.3) is 0 Å². The highest BCUT2D eigenvalue weighted by molar-refractivity contribution is 7.89. The van der Waals surface area contributed by atoms with Gasteiger partial charge in [0, 0.05) is 38.4 Å². The minimum atomic E-state index is -3.44. The quantitative estimate of drug-likeness (QED) is 0.629. The van der Waals surface area contributed by atoms with Gasteiger partial charge in [-0.3, -0.25) is 4.79 Å². The molecule has 0 radical (unpaired) electrons. The number of aromatic nitrogens is 2. The predicted molar refractivity (Wildman–Crippen MR) is 115 cm³/mol. The molecule has 0 unspecified atom stereocenters. The Labute approximate surface area is 176 Å². The molecular formula is C22H26N4O3S. The summed E-state index contributed by atoms with van der Waals surface area (Å²) in [5, 5.41) is 2.91. The molecule has 0 saturated carbocycles. The van der Waals surface area contributed by atoms with Crippen LogP contribution in [0.15, 0.2) is 59.8 Å². The van der Waals surface area contributed by atoms with E-state index in [2.05, 4.69) is 10.3 Å². The third kappa shape index (κ3) is 4.71. The summed E-state index contributed by atoms with van der Waals surface area (Å²) in [5.41, 5.74) is 2.60. The van der Waals surface area contributed by atoms with Crippen LogP contribution in [-0.2, 0) is 27.7 Å². The van der Waals surface area contributed by atoms with Gasteiger partial charge in [0.2, 0.25) is 15.9 Å². The summed E-state index contributed by atoms with van der Waals surface area (Å²) >= 11 is 0. The summed E-state index contributed by atoms with van der Waals surface area (Å²) in [6.45, 7) is 1.67. The Morgan fingerprint density at radius 1 is 1.03 bits per heavy atom. The van der Waals surface area contributed by atoms with E-state index in [4.69, 9.17) is 0 Å². The van der Waals surface area contributed by atoms with Crippen LogP contribution in [0.2, 0.25) is 0 Å². The van der Waals surface area contributed by atoms with E-state index in [9.17, 15) is 13.2 Å². The van der Waals surface area contributed by atoms with E-state index in [0.29, 0.717) is 31.0 Å². The Balaban J connectivity index is 1.29. The highest BCUT2D eigenvalue weighted by Gasteiger charge is 2.25. The molecule has 0 bridgehead atoms. The standard InChI is InChI=1S/C22H26N4O3S/c27-22(23-12-11-19-17-25-13-5-2-6-21(25)24-19)16-18-7-9-20(10-8-18)30(28,29)26-14-3-1-4-15-26/h2,5-10,13,17H,1,3-4,11-12,14-16H2,(H,23,27). The van der Waals surface area contributed by atoms with Crippen LogP contribution in [0.1, 0.15) is 30.5 Å². The van der Waals surface area contributed by atoms with Gasteiger partial charge in [-0.15, -0.1) is 0 Å². The molecule has 3 heterocycles. The summed E-state index contributed by atoms with van der Waals surface area (Å²) in [6.07, 6.45) is 7.67. The summed E-state index contributed by atoms with van der Waals surface area (Å²) in [4.78, 5) is 17.0. The van der Waals surface area contributed by atoms with Gasteiger partial charge >= 0.3 is 0 Å². The number of amides is 1. The normalized spacial score (nSPS) is 15.3. The van der Waals surface area contributed by atoms with Gasteiger partial charge in [0.05, 0.1) is 17.0 Å². The lowest BCUT2D eigenvalue weighted by Crippen LogP contribution is -2.35. The van der Waals surface area contributed by atoms with Crippen molar-refractivity contribution in [1.29, 1.82) is 0 Å². The van der Waals surface area contributed by atoms with Gasteiger partial charge in [-0.05, 0) is 42.7 Å². The van der Waals surface area contributed by atoms with Crippen molar-refractivity contribution in [2.45, 2.75) is 37.0 Å². The third-order valence-corrected chi connectivity index (χ3v) is 7.27. The molecule has 1 aromatic carbocycles. The number of piperidine rings is 1.